The molecule has 1 aromatic heterocycles. The van der Waals surface area contributed by atoms with Crippen molar-refractivity contribution >= 4 is 42.1 Å². The van der Waals surface area contributed by atoms with Gasteiger partial charge < -0.3 is 15.8 Å². The van der Waals surface area contributed by atoms with Crippen LogP contribution in [0.25, 0.3) is 10.6 Å². The van der Waals surface area contributed by atoms with Crippen LogP contribution in [0.15, 0.2) is 24.3 Å². The second-order valence-electron chi connectivity index (χ2n) is 5.41. The summed E-state index contributed by atoms with van der Waals surface area (Å²) >= 11 is 1.40. The molecule has 1 unspecified atom stereocenters. The number of carbonyl (C=O) groups excluding carboxylic acids is 1. The quantitative estimate of drug-likeness (QED) is 0.733. The number of amides is 1. The van der Waals surface area contributed by atoms with E-state index in [4.69, 9.17) is 10.5 Å². The molecule has 5 nitrogen and oxygen atoms in total. The first-order valence-corrected chi connectivity index (χ1v) is 8.57. The molecule has 0 aliphatic carbocycles. The molecule has 8 heteroatoms. The Morgan fingerprint density at radius 3 is 2.52 bits per heavy atom. The molecule has 1 aromatic carbocycles. The first kappa shape index (κ1) is 23.7. The van der Waals surface area contributed by atoms with E-state index in [2.05, 4.69) is 10.3 Å². The van der Waals surface area contributed by atoms with Gasteiger partial charge in [-0.05, 0) is 51.5 Å². The summed E-state index contributed by atoms with van der Waals surface area (Å²) in [6.07, 6.45) is 0.759. The Morgan fingerprint density at radius 1 is 1.32 bits per heavy atom. The predicted octanol–water partition coefficient (Wildman–Crippen LogP) is 3.83. The summed E-state index contributed by atoms with van der Waals surface area (Å²) in [6.45, 7) is 6.95. The number of aryl methyl sites for hydroxylation is 1. The van der Waals surface area contributed by atoms with E-state index in [1.54, 1.807) is 0 Å². The molecule has 140 valence electrons. The monoisotopic (exact) mass is 405 g/mol. The lowest BCUT2D eigenvalue weighted by atomic mass is 10.2. The Hall–Kier alpha value is -1.34. The summed E-state index contributed by atoms with van der Waals surface area (Å²) in [5, 5.41) is 3.73. The molecule has 0 saturated heterocycles. The second kappa shape index (κ2) is 11.3. The van der Waals surface area contributed by atoms with Gasteiger partial charge in [0.05, 0.1) is 12.3 Å². The Kier molecular flexibility index (Phi) is 10.7. The van der Waals surface area contributed by atoms with Crippen LogP contribution in [0.2, 0.25) is 0 Å². The molecule has 1 atom stereocenters. The van der Waals surface area contributed by atoms with Gasteiger partial charge in [-0.2, -0.15) is 0 Å². The summed E-state index contributed by atoms with van der Waals surface area (Å²) in [5.41, 5.74) is 7.42. The van der Waals surface area contributed by atoms with Crippen molar-refractivity contribution in [2.24, 2.45) is 5.73 Å². The zero-order valence-corrected chi connectivity index (χ0v) is 17.0. The van der Waals surface area contributed by atoms with Gasteiger partial charge in [-0.3, -0.25) is 4.79 Å². The summed E-state index contributed by atoms with van der Waals surface area (Å²) in [4.78, 5) is 17.4. The lowest BCUT2D eigenvalue weighted by Gasteiger charge is -2.06. The van der Waals surface area contributed by atoms with E-state index >= 15 is 0 Å². The Morgan fingerprint density at radius 2 is 1.96 bits per heavy atom. The van der Waals surface area contributed by atoms with Gasteiger partial charge in [-0.25, -0.2) is 4.98 Å². The van der Waals surface area contributed by atoms with Crippen molar-refractivity contribution in [1.29, 1.82) is 0 Å². The maximum absolute atomic E-state index is 12.2. The number of hydrogen-bond acceptors (Lipinski definition) is 5. The maximum Gasteiger partial charge on any atom is 0.263 e. The van der Waals surface area contributed by atoms with E-state index in [0.29, 0.717) is 18.0 Å². The van der Waals surface area contributed by atoms with E-state index in [-0.39, 0.29) is 36.8 Å². The lowest BCUT2D eigenvalue weighted by Crippen LogP contribution is -2.28. The van der Waals surface area contributed by atoms with Crippen molar-refractivity contribution in [3.63, 3.8) is 0 Å². The van der Waals surface area contributed by atoms with Gasteiger partial charge in [0.25, 0.3) is 5.91 Å². The minimum atomic E-state index is -0.0853. The summed E-state index contributed by atoms with van der Waals surface area (Å²) in [5.74, 6) is 0.747. The fourth-order valence-electron chi connectivity index (χ4n) is 2.08. The number of nitrogens with one attached hydrogen (secondary N) is 1. The van der Waals surface area contributed by atoms with Gasteiger partial charge >= 0.3 is 0 Å². The van der Waals surface area contributed by atoms with Crippen molar-refractivity contribution in [3.05, 3.63) is 34.8 Å². The van der Waals surface area contributed by atoms with E-state index in [1.165, 1.54) is 11.3 Å². The minimum Gasteiger partial charge on any atom is -0.494 e. The van der Waals surface area contributed by atoms with Gasteiger partial charge in [-0.1, -0.05) is 0 Å². The number of aromatic nitrogens is 1. The van der Waals surface area contributed by atoms with Crippen LogP contribution in [-0.2, 0) is 0 Å². The van der Waals surface area contributed by atoms with Crippen molar-refractivity contribution < 1.29 is 9.53 Å². The van der Waals surface area contributed by atoms with Gasteiger partial charge in [0, 0.05) is 18.2 Å². The third kappa shape index (κ3) is 6.82. The maximum atomic E-state index is 12.2. The number of rotatable bonds is 7. The lowest BCUT2D eigenvalue weighted by molar-refractivity contribution is 0.0956. The molecule has 2 aromatic rings. The van der Waals surface area contributed by atoms with Gasteiger partial charge in [0.2, 0.25) is 0 Å². The predicted molar refractivity (Wildman–Crippen MR) is 109 cm³/mol. The topological polar surface area (TPSA) is 77.2 Å². The first-order chi connectivity index (χ1) is 11.0. The van der Waals surface area contributed by atoms with Crippen molar-refractivity contribution in [2.75, 3.05) is 13.2 Å². The molecule has 0 fully saturated rings. The SMILES string of the molecule is CCOc1ccc(-c2nc(C)c(C(=O)NCCC(C)N)s2)cc1.Cl.Cl. The summed E-state index contributed by atoms with van der Waals surface area (Å²) in [6, 6.07) is 7.83. The molecule has 0 bridgehead atoms. The number of nitrogens with two attached hydrogens (primary N) is 1. The standard InChI is InChI=1S/C17H23N3O2S.2ClH/c1-4-22-14-7-5-13(6-8-14)17-20-12(3)15(23-17)16(21)19-10-9-11(2)18;;/h5-8,11H,4,9-10,18H2,1-3H3,(H,19,21);2*1H. The second-order valence-corrected chi connectivity index (χ2v) is 6.41. The highest BCUT2D eigenvalue weighted by Crippen LogP contribution is 2.29. The average molecular weight is 406 g/mol. The average Bonchev–Trinajstić information content (AvgIpc) is 2.90. The van der Waals surface area contributed by atoms with Gasteiger partial charge in [0.15, 0.2) is 0 Å². The highest BCUT2D eigenvalue weighted by Gasteiger charge is 2.16. The number of halogens is 2. The number of benzene rings is 1. The first-order valence-electron chi connectivity index (χ1n) is 7.75. The van der Waals surface area contributed by atoms with Crippen molar-refractivity contribution in [1.82, 2.24) is 10.3 Å². The molecular weight excluding hydrogens is 381 g/mol. The smallest absolute Gasteiger partial charge is 0.263 e. The van der Waals surface area contributed by atoms with Crippen LogP contribution in [0.5, 0.6) is 5.75 Å². The molecule has 0 radical (unpaired) electrons. The molecule has 1 heterocycles. The fraction of sp³-hybridized carbons (Fsp3) is 0.412. The molecule has 25 heavy (non-hydrogen) atoms. The number of thiazole rings is 1. The summed E-state index contributed by atoms with van der Waals surface area (Å²) in [7, 11) is 0. The molecular formula is C17H25Cl2N3O2S. The molecule has 2 rings (SSSR count). The van der Waals surface area contributed by atoms with Crippen LogP contribution >= 0.6 is 36.2 Å². The number of ether oxygens (including phenoxy) is 1. The van der Waals surface area contributed by atoms with E-state index < -0.39 is 0 Å². The third-order valence-corrected chi connectivity index (χ3v) is 4.51. The number of hydrogen-bond donors (Lipinski definition) is 2. The van der Waals surface area contributed by atoms with Gasteiger partial charge in [-0.15, -0.1) is 36.2 Å². The molecule has 0 aliphatic rings. The van der Waals surface area contributed by atoms with Crippen LogP contribution in [0.3, 0.4) is 0 Å². The molecule has 1 amide bonds. The largest absolute Gasteiger partial charge is 0.494 e. The fourth-order valence-corrected chi connectivity index (χ4v) is 3.07. The van der Waals surface area contributed by atoms with E-state index in [0.717, 1.165) is 28.4 Å². The zero-order valence-electron chi connectivity index (χ0n) is 14.6. The highest BCUT2D eigenvalue weighted by atomic mass is 35.5. The molecule has 0 aliphatic heterocycles. The van der Waals surface area contributed by atoms with Crippen LogP contribution in [-0.4, -0.2) is 30.1 Å². The van der Waals surface area contributed by atoms with Crippen molar-refractivity contribution in [2.45, 2.75) is 33.2 Å². The third-order valence-electron chi connectivity index (χ3n) is 3.30. The number of carbonyl (C=O) groups is 1. The van der Waals surface area contributed by atoms with Crippen LogP contribution < -0.4 is 15.8 Å². The molecule has 3 N–H and O–H groups in total. The number of nitrogens with zero attached hydrogens (tertiary/aromatic N) is 1. The van der Waals surface area contributed by atoms with Gasteiger partial charge in [0.1, 0.15) is 15.6 Å². The van der Waals surface area contributed by atoms with Crippen molar-refractivity contribution in [3.8, 4) is 16.3 Å². The normalized spacial score (nSPS) is 11.0. The Bertz CT molecular complexity index is 660. The molecule has 0 saturated carbocycles. The van der Waals surface area contributed by atoms with Crippen LogP contribution in [0.1, 0.15) is 35.6 Å². The highest BCUT2D eigenvalue weighted by molar-refractivity contribution is 7.17. The zero-order chi connectivity index (χ0) is 16.8. The Balaban J connectivity index is 0.00000288. The minimum absolute atomic E-state index is 0. The van der Waals surface area contributed by atoms with E-state index in [1.807, 2.05) is 45.0 Å². The Labute approximate surface area is 165 Å². The van der Waals surface area contributed by atoms with Crippen LogP contribution in [0.4, 0.5) is 0 Å². The van der Waals surface area contributed by atoms with E-state index in [9.17, 15) is 4.79 Å². The summed E-state index contributed by atoms with van der Waals surface area (Å²) < 4.78 is 5.44. The van der Waals surface area contributed by atoms with Crippen LogP contribution in [0, 0.1) is 6.92 Å². The molecule has 0 spiro atoms.